The largest absolute Gasteiger partial charge is 0.497 e. The van der Waals surface area contributed by atoms with Gasteiger partial charge in [-0.05, 0) is 29.3 Å². The Morgan fingerprint density at radius 2 is 1.70 bits per heavy atom. The summed E-state index contributed by atoms with van der Waals surface area (Å²) in [5.74, 6) is 0.835. The summed E-state index contributed by atoms with van der Waals surface area (Å²) in [6, 6.07) is 15.6. The average Bonchev–Trinajstić information content (AvgIpc) is 2.48. The van der Waals surface area contributed by atoms with Crippen LogP contribution in [0, 0.1) is 0 Å². The van der Waals surface area contributed by atoms with Gasteiger partial charge in [-0.1, -0.05) is 42.5 Å². The van der Waals surface area contributed by atoms with Crippen LogP contribution in [0.1, 0.15) is 16.7 Å². The Balaban J connectivity index is 1.92. The monoisotopic (exact) mass is 287 g/mol. The van der Waals surface area contributed by atoms with Crippen LogP contribution in [-0.2, 0) is 18.0 Å². The summed E-state index contributed by atoms with van der Waals surface area (Å²) in [5, 5.41) is 0. The van der Waals surface area contributed by atoms with E-state index in [2.05, 4.69) is 0 Å². The van der Waals surface area contributed by atoms with Gasteiger partial charge in [-0.15, -0.1) is 0 Å². The average molecular weight is 287 g/mol. The molecule has 2 N–H and O–H groups in total. The van der Waals surface area contributed by atoms with Crippen molar-refractivity contribution in [3.8, 4) is 5.75 Å². The minimum absolute atomic E-state index is 0.402. The number of ether oxygens (including phenoxy) is 2. The molecule has 0 aliphatic rings. The molecule has 4 heteroatoms. The summed E-state index contributed by atoms with van der Waals surface area (Å²) in [5.41, 5.74) is 8.61. The molecular weight excluding hydrogens is 270 g/mol. The van der Waals surface area contributed by atoms with Gasteiger partial charge in [0.2, 0.25) is 0 Å². The number of hydrogen-bond acceptors (Lipinski definition) is 3. The highest BCUT2D eigenvalue weighted by atomic mass is 32.1. The molecule has 0 amide bonds. The maximum Gasteiger partial charge on any atom is 0.119 e. The summed E-state index contributed by atoms with van der Waals surface area (Å²) in [6.45, 7) is 1.06. The Kier molecular flexibility index (Phi) is 5.09. The molecule has 2 aromatic carbocycles. The lowest BCUT2D eigenvalue weighted by Crippen LogP contribution is -2.09. The van der Waals surface area contributed by atoms with Gasteiger partial charge in [-0.3, -0.25) is 0 Å². The summed E-state index contributed by atoms with van der Waals surface area (Å²) < 4.78 is 10.9. The third-order valence-electron chi connectivity index (χ3n) is 2.88. The Hall–Kier alpha value is -1.91. The van der Waals surface area contributed by atoms with E-state index in [0.29, 0.717) is 18.2 Å². The molecule has 2 aromatic rings. The summed E-state index contributed by atoms with van der Waals surface area (Å²) >= 11 is 4.96. The molecule has 0 aromatic heterocycles. The molecule has 0 saturated carbocycles. The Labute approximate surface area is 124 Å². The van der Waals surface area contributed by atoms with Gasteiger partial charge in [0.25, 0.3) is 0 Å². The van der Waals surface area contributed by atoms with E-state index in [1.165, 1.54) is 0 Å². The number of benzene rings is 2. The van der Waals surface area contributed by atoms with Gasteiger partial charge in [-0.2, -0.15) is 0 Å². The molecule has 2 rings (SSSR count). The molecule has 3 nitrogen and oxygen atoms in total. The van der Waals surface area contributed by atoms with Crippen molar-refractivity contribution in [3.05, 3.63) is 65.2 Å². The highest BCUT2D eigenvalue weighted by Gasteiger charge is 2.00. The molecule has 0 bridgehead atoms. The van der Waals surface area contributed by atoms with Crippen molar-refractivity contribution in [2.45, 2.75) is 13.2 Å². The predicted molar refractivity (Wildman–Crippen MR) is 83.8 cm³/mol. The number of rotatable bonds is 6. The molecule has 0 aliphatic heterocycles. The summed E-state index contributed by atoms with van der Waals surface area (Å²) in [7, 11) is 1.65. The van der Waals surface area contributed by atoms with Gasteiger partial charge >= 0.3 is 0 Å². The van der Waals surface area contributed by atoms with Crippen molar-refractivity contribution in [1.82, 2.24) is 0 Å². The topological polar surface area (TPSA) is 44.5 Å². The Bertz CT molecular complexity index is 599. The van der Waals surface area contributed by atoms with Crippen LogP contribution in [0.4, 0.5) is 0 Å². The van der Waals surface area contributed by atoms with Crippen LogP contribution in [-0.4, -0.2) is 12.1 Å². The van der Waals surface area contributed by atoms with Gasteiger partial charge in [0.1, 0.15) is 10.7 Å². The lowest BCUT2D eigenvalue weighted by Gasteiger charge is -2.07. The zero-order valence-electron chi connectivity index (χ0n) is 11.3. The molecule has 0 heterocycles. The first-order valence-corrected chi connectivity index (χ1v) is 6.69. The third-order valence-corrected chi connectivity index (χ3v) is 3.12. The first kappa shape index (κ1) is 14.5. The van der Waals surface area contributed by atoms with Crippen LogP contribution in [0.5, 0.6) is 5.75 Å². The van der Waals surface area contributed by atoms with Crippen LogP contribution in [0.3, 0.4) is 0 Å². The van der Waals surface area contributed by atoms with Crippen molar-refractivity contribution in [1.29, 1.82) is 0 Å². The van der Waals surface area contributed by atoms with Crippen molar-refractivity contribution < 1.29 is 9.47 Å². The maximum atomic E-state index is 5.70. The Morgan fingerprint density at radius 1 is 1.05 bits per heavy atom. The van der Waals surface area contributed by atoms with E-state index in [4.69, 9.17) is 27.4 Å². The highest BCUT2D eigenvalue weighted by molar-refractivity contribution is 7.80. The molecule has 0 unspecified atom stereocenters. The molecule has 0 spiro atoms. The zero-order chi connectivity index (χ0) is 14.4. The van der Waals surface area contributed by atoms with E-state index in [9.17, 15) is 0 Å². The predicted octanol–water partition coefficient (Wildman–Crippen LogP) is 3.05. The number of methoxy groups -OCH3 is 1. The second kappa shape index (κ2) is 7.03. The quantitative estimate of drug-likeness (QED) is 0.829. The second-order valence-electron chi connectivity index (χ2n) is 4.41. The zero-order valence-corrected chi connectivity index (χ0v) is 12.2. The van der Waals surface area contributed by atoms with E-state index >= 15 is 0 Å². The van der Waals surface area contributed by atoms with Crippen molar-refractivity contribution in [3.63, 3.8) is 0 Å². The van der Waals surface area contributed by atoms with Crippen LogP contribution in [0.15, 0.2) is 48.5 Å². The van der Waals surface area contributed by atoms with E-state index < -0.39 is 0 Å². The van der Waals surface area contributed by atoms with E-state index in [1.54, 1.807) is 7.11 Å². The van der Waals surface area contributed by atoms with Crippen molar-refractivity contribution >= 4 is 17.2 Å². The van der Waals surface area contributed by atoms with Crippen LogP contribution in [0.2, 0.25) is 0 Å². The molecule has 0 atom stereocenters. The Morgan fingerprint density at radius 3 is 2.35 bits per heavy atom. The minimum Gasteiger partial charge on any atom is -0.497 e. The minimum atomic E-state index is 0.402. The molecule has 104 valence electrons. The van der Waals surface area contributed by atoms with Crippen LogP contribution in [0.25, 0.3) is 0 Å². The molecule has 0 radical (unpaired) electrons. The summed E-state index contributed by atoms with van der Waals surface area (Å²) in [6.07, 6.45) is 0. The van der Waals surface area contributed by atoms with Gasteiger partial charge < -0.3 is 15.2 Å². The highest BCUT2D eigenvalue weighted by Crippen LogP contribution is 2.14. The lowest BCUT2D eigenvalue weighted by atomic mass is 10.1. The van der Waals surface area contributed by atoms with Gasteiger partial charge in [-0.25, -0.2) is 0 Å². The smallest absolute Gasteiger partial charge is 0.119 e. The molecular formula is C16H17NO2S. The first-order valence-electron chi connectivity index (χ1n) is 6.28. The molecule has 20 heavy (non-hydrogen) atoms. The van der Waals surface area contributed by atoms with E-state index in [0.717, 1.165) is 22.4 Å². The SMILES string of the molecule is COc1cccc(COCc2cccc(C(N)=S)c2)c1. The van der Waals surface area contributed by atoms with Crippen LogP contribution < -0.4 is 10.5 Å². The number of hydrogen-bond donors (Lipinski definition) is 1. The fourth-order valence-electron chi connectivity index (χ4n) is 1.86. The second-order valence-corrected chi connectivity index (χ2v) is 4.85. The van der Waals surface area contributed by atoms with Gasteiger partial charge in [0, 0.05) is 5.56 Å². The third kappa shape index (κ3) is 4.05. The lowest BCUT2D eigenvalue weighted by molar-refractivity contribution is 0.107. The fraction of sp³-hybridized carbons (Fsp3) is 0.188. The molecule has 0 saturated heterocycles. The van der Waals surface area contributed by atoms with E-state index in [1.807, 2.05) is 48.5 Å². The summed E-state index contributed by atoms with van der Waals surface area (Å²) in [4.78, 5) is 0.402. The van der Waals surface area contributed by atoms with Crippen molar-refractivity contribution in [2.75, 3.05) is 7.11 Å². The number of nitrogens with two attached hydrogens (primary N) is 1. The van der Waals surface area contributed by atoms with Crippen LogP contribution >= 0.6 is 12.2 Å². The van der Waals surface area contributed by atoms with Gasteiger partial charge in [0.05, 0.1) is 20.3 Å². The molecule has 0 aliphatic carbocycles. The standard InChI is InChI=1S/C16H17NO2S/c1-18-15-7-3-5-13(9-15)11-19-10-12-4-2-6-14(8-12)16(17)20/h2-9H,10-11H2,1H3,(H2,17,20). The maximum absolute atomic E-state index is 5.70. The fourth-order valence-corrected chi connectivity index (χ4v) is 1.99. The van der Waals surface area contributed by atoms with Gasteiger partial charge in [0.15, 0.2) is 0 Å². The molecule has 0 fully saturated rings. The normalized spacial score (nSPS) is 10.2. The van der Waals surface area contributed by atoms with E-state index in [-0.39, 0.29) is 0 Å². The van der Waals surface area contributed by atoms with Crippen molar-refractivity contribution in [2.24, 2.45) is 5.73 Å². The first-order chi connectivity index (χ1) is 9.69. The number of thiocarbonyl (C=S) groups is 1.